The third-order valence-electron chi connectivity index (χ3n) is 3.32. The molecule has 98 valence electrons. The fraction of sp³-hybridized carbons (Fsp3) is 0.500. The summed E-state index contributed by atoms with van der Waals surface area (Å²) in [5.74, 6) is -0.0798. The van der Waals surface area contributed by atoms with E-state index in [0.717, 1.165) is 12.8 Å². The van der Waals surface area contributed by atoms with Crippen LogP contribution in [-0.4, -0.2) is 33.0 Å². The summed E-state index contributed by atoms with van der Waals surface area (Å²) in [5, 5.41) is 2.80. The largest absolute Gasteiger partial charge is 0.354 e. The number of carbonyl (C=O) groups is 1. The summed E-state index contributed by atoms with van der Waals surface area (Å²) in [6.45, 7) is 0.350. The van der Waals surface area contributed by atoms with Crippen molar-refractivity contribution in [1.82, 2.24) is 5.32 Å². The van der Waals surface area contributed by atoms with Gasteiger partial charge in [-0.2, -0.15) is 0 Å². The van der Waals surface area contributed by atoms with Crippen LogP contribution in [0.25, 0.3) is 0 Å². The Kier molecular flexibility index (Phi) is 4.33. The van der Waals surface area contributed by atoms with Gasteiger partial charge in [-0.3, -0.25) is 4.79 Å². The van der Waals surface area contributed by atoms with Crippen LogP contribution >= 0.6 is 0 Å². The third-order valence-corrected chi connectivity index (χ3v) is 3.32. The smallest absolute Gasteiger partial charge is 0.251 e. The molecule has 1 aromatic carbocycles. The molecule has 1 aromatic rings. The normalized spacial score (nSPS) is 13.7. The van der Waals surface area contributed by atoms with Gasteiger partial charge in [-0.1, -0.05) is 6.07 Å². The first-order valence-electron chi connectivity index (χ1n) is 6.20. The average Bonchev–Trinajstić information content (AvgIpc) is 2.86. The SMILES string of the molecule is COC(CNC(=O)c1ccc2c(c1)CCC2)OC. The molecule has 0 saturated heterocycles. The van der Waals surface area contributed by atoms with Gasteiger partial charge in [0.2, 0.25) is 0 Å². The van der Waals surface area contributed by atoms with E-state index in [9.17, 15) is 4.79 Å². The lowest BCUT2D eigenvalue weighted by Gasteiger charge is -2.14. The number of hydrogen-bond acceptors (Lipinski definition) is 3. The van der Waals surface area contributed by atoms with Gasteiger partial charge in [0, 0.05) is 19.8 Å². The Labute approximate surface area is 107 Å². The molecule has 4 nitrogen and oxygen atoms in total. The van der Waals surface area contributed by atoms with Crippen molar-refractivity contribution in [2.24, 2.45) is 0 Å². The zero-order valence-corrected chi connectivity index (χ0v) is 10.9. The van der Waals surface area contributed by atoms with Crippen molar-refractivity contribution in [2.75, 3.05) is 20.8 Å². The van der Waals surface area contributed by atoms with Crippen LogP contribution < -0.4 is 5.32 Å². The van der Waals surface area contributed by atoms with Gasteiger partial charge < -0.3 is 14.8 Å². The Morgan fingerprint density at radius 3 is 2.72 bits per heavy atom. The van der Waals surface area contributed by atoms with Crippen molar-refractivity contribution >= 4 is 5.91 Å². The van der Waals surface area contributed by atoms with E-state index in [0.29, 0.717) is 12.1 Å². The highest BCUT2D eigenvalue weighted by Gasteiger charge is 2.14. The number of amides is 1. The molecule has 0 radical (unpaired) electrons. The molecule has 1 aliphatic rings. The van der Waals surface area contributed by atoms with Crippen molar-refractivity contribution in [3.05, 3.63) is 34.9 Å². The first kappa shape index (κ1) is 13.1. The summed E-state index contributed by atoms with van der Waals surface area (Å²) in [7, 11) is 3.10. The summed E-state index contributed by atoms with van der Waals surface area (Å²) in [6, 6.07) is 5.93. The Morgan fingerprint density at radius 1 is 1.28 bits per heavy atom. The number of benzene rings is 1. The molecule has 1 N–H and O–H groups in total. The van der Waals surface area contributed by atoms with Crippen LogP contribution in [0.15, 0.2) is 18.2 Å². The Balaban J connectivity index is 1.97. The maximum Gasteiger partial charge on any atom is 0.251 e. The minimum absolute atomic E-state index is 0.0798. The minimum Gasteiger partial charge on any atom is -0.354 e. The zero-order valence-electron chi connectivity index (χ0n) is 10.9. The van der Waals surface area contributed by atoms with Crippen LogP contribution in [0.4, 0.5) is 0 Å². The summed E-state index contributed by atoms with van der Waals surface area (Å²) in [6.07, 6.45) is 3.00. The van der Waals surface area contributed by atoms with E-state index >= 15 is 0 Å². The molecule has 0 fully saturated rings. The number of hydrogen-bond donors (Lipinski definition) is 1. The van der Waals surface area contributed by atoms with Crippen LogP contribution in [0, 0.1) is 0 Å². The Morgan fingerprint density at radius 2 is 2.00 bits per heavy atom. The van der Waals surface area contributed by atoms with Crippen LogP contribution in [0.2, 0.25) is 0 Å². The van der Waals surface area contributed by atoms with Gasteiger partial charge in [-0.05, 0) is 42.5 Å². The molecule has 0 aliphatic heterocycles. The lowest BCUT2D eigenvalue weighted by molar-refractivity contribution is -0.0974. The summed E-state index contributed by atoms with van der Waals surface area (Å²) >= 11 is 0. The van der Waals surface area contributed by atoms with E-state index in [1.165, 1.54) is 17.5 Å². The van der Waals surface area contributed by atoms with Crippen molar-refractivity contribution < 1.29 is 14.3 Å². The minimum atomic E-state index is -0.400. The highest BCUT2D eigenvalue weighted by atomic mass is 16.7. The maximum atomic E-state index is 12.0. The molecule has 0 atom stereocenters. The molecule has 0 unspecified atom stereocenters. The van der Waals surface area contributed by atoms with E-state index in [1.807, 2.05) is 12.1 Å². The lowest BCUT2D eigenvalue weighted by Crippen LogP contribution is -2.34. The van der Waals surface area contributed by atoms with Crippen molar-refractivity contribution in [2.45, 2.75) is 25.6 Å². The molecule has 1 aliphatic carbocycles. The molecule has 1 amide bonds. The number of carbonyl (C=O) groups excluding carboxylic acids is 1. The number of nitrogens with one attached hydrogen (secondary N) is 1. The lowest BCUT2D eigenvalue weighted by atomic mass is 10.1. The van der Waals surface area contributed by atoms with Gasteiger partial charge in [-0.15, -0.1) is 0 Å². The first-order chi connectivity index (χ1) is 8.74. The van der Waals surface area contributed by atoms with Crippen LogP contribution in [0.3, 0.4) is 0 Å². The number of ether oxygens (including phenoxy) is 2. The number of aryl methyl sites for hydroxylation is 2. The number of methoxy groups -OCH3 is 2. The summed E-state index contributed by atoms with van der Waals surface area (Å²) in [4.78, 5) is 12.0. The van der Waals surface area contributed by atoms with Crippen LogP contribution in [0.1, 0.15) is 27.9 Å². The fourth-order valence-electron chi connectivity index (χ4n) is 2.25. The molecule has 0 spiro atoms. The monoisotopic (exact) mass is 249 g/mol. The van der Waals surface area contributed by atoms with E-state index in [-0.39, 0.29) is 5.91 Å². The van der Waals surface area contributed by atoms with E-state index in [2.05, 4.69) is 11.4 Å². The van der Waals surface area contributed by atoms with Gasteiger partial charge in [0.1, 0.15) is 0 Å². The molecule has 0 bridgehead atoms. The standard InChI is InChI=1S/C14H19NO3/c1-17-13(18-2)9-15-14(16)12-7-6-10-4-3-5-11(10)8-12/h6-8,13H,3-5,9H2,1-2H3,(H,15,16). The van der Waals surface area contributed by atoms with Gasteiger partial charge in [-0.25, -0.2) is 0 Å². The maximum absolute atomic E-state index is 12.0. The first-order valence-corrected chi connectivity index (χ1v) is 6.20. The van der Waals surface area contributed by atoms with Crippen molar-refractivity contribution in [3.8, 4) is 0 Å². The van der Waals surface area contributed by atoms with Crippen molar-refractivity contribution in [3.63, 3.8) is 0 Å². The average molecular weight is 249 g/mol. The molecular weight excluding hydrogens is 230 g/mol. The molecule has 0 heterocycles. The Hall–Kier alpha value is -1.39. The van der Waals surface area contributed by atoms with Gasteiger partial charge in [0.15, 0.2) is 6.29 Å². The van der Waals surface area contributed by atoms with E-state index in [1.54, 1.807) is 14.2 Å². The predicted octanol–water partition coefficient (Wildman–Crippen LogP) is 1.52. The highest BCUT2D eigenvalue weighted by molar-refractivity contribution is 5.94. The second-order valence-corrected chi connectivity index (χ2v) is 4.45. The number of rotatable bonds is 5. The van der Waals surface area contributed by atoms with E-state index in [4.69, 9.17) is 9.47 Å². The molecule has 2 rings (SSSR count). The van der Waals surface area contributed by atoms with E-state index < -0.39 is 6.29 Å². The zero-order chi connectivity index (χ0) is 13.0. The van der Waals surface area contributed by atoms with Gasteiger partial charge in [0.25, 0.3) is 5.91 Å². The van der Waals surface area contributed by atoms with Gasteiger partial charge in [0.05, 0.1) is 6.54 Å². The second kappa shape index (κ2) is 5.98. The van der Waals surface area contributed by atoms with Crippen molar-refractivity contribution in [1.29, 1.82) is 0 Å². The molecule has 0 aromatic heterocycles. The third kappa shape index (κ3) is 2.89. The molecule has 0 saturated carbocycles. The molecular formula is C14H19NO3. The molecule has 18 heavy (non-hydrogen) atoms. The summed E-state index contributed by atoms with van der Waals surface area (Å²) in [5.41, 5.74) is 3.39. The predicted molar refractivity (Wildman–Crippen MR) is 68.6 cm³/mol. The molecule has 4 heteroatoms. The Bertz CT molecular complexity index is 427. The topological polar surface area (TPSA) is 47.6 Å². The number of fused-ring (bicyclic) bond motifs is 1. The van der Waals surface area contributed by atoms with Crippen LogP contribution in [-0.2, 0) is 22.3 Å². The van der Waals surface area contributed by atoms with Gasteiger partial charge >= 0.3 is 0 Å². The summed E-state index contributed by atoms with van der Waals surface area (Å²) < 4.78 is 10.0. The van der Waals surface area contributed by atoms with Crippen LogP contribution in [0.5, 0.6) is 0 Å². The quantitative estimate of drug-likeness (QED) is 0.805. The highest BCUT2D eigenvalue weighted by Crippen LogP contribution is 2.22. The fourth-order valence-corrected chi connectivity index (χ4v) is 2.25. The second-order valence-electron chi connectivity index (χ2n) is 4.45.